The number of carbonyl (C=O) groups excluding carboxylic acids is 3. The molecule has 0 bridgehead atoms. The SMILES string of the molecule is CSc1ccc(NC(=O)CN2C(=O)C3CC=CCC3C2=O)cc1. The lowest BCUT2D eigenvalue weighted by atomic mass is 9.85. The molecule has 1 fully saturated rings. The molecule has 5 nitrogen and oxygen atoms in total. The van der Waals surface area contributed by atoms with Gasteiger partial charge in [-0.3, -0.25) is 19.3 Å². The lowest BCUT2D eigenvalue weighted by Gasteiger charge is -2.14. The predicted octanol–water partition coefficient (Wildman–Crippen LogP) is 2.30. The highest BCUT2D eigenvalue weighted by atomic mass is 32.2. The molecule has 3 rings (SSSR count). The van der Waals surface area contributed by atoms with Crippen molar-refractivity contribution in [3.05, 3.63) is 36.4 Å². The number of hydrogen-bond acceptors (Lipinski definition) is 4. The minimum absolute atomic E-state index is 0.213. The van der Waals surface area contributed by atoms with Crippen molar-refractivity contribution >= 4 is 35.2 Å². The van der Waals surface area contributed by atoms with Crippen LogP contribution in [0.2, 0.25) is 0 Å². The van der Waals surface area contributed by atoms with Gasteiger partial charge in [-0.25, -0.2) is 0 Å². The summed E-state index contributed by atoms with van der Waals surface area (Å²) in [5.74, 6) is -1.38. The zero-order chi connectivity index (χ0) is 16.4. The summed E-state index contributed by atoms with van der Waals surface area (Å²) < 4.78 is 0. The number of nitrogens with zero attached hydrogens (tertiary/aromatic N) is 1. The summed E-state index contributed by atoms with van der Waals surface area (Å²) in [4.78, 5) is 39.0. The van der Waals surface area contributed by atoms with Crippen LogP contribution in [0, 0.1) is 11.8 Å². The topological polar surface area (TPSA) is 66.5 Å². The Morgan fingerprint density at radius 1 is 1.13 bits per heavy atom. The molecule has 1 aromatic rings. The quantitative estimate of drug-likeness (QED) is 0.523. The Labute approximate surface area is 139 Å². The van der Waals surface area contributed by atoms with E-state index in [2.05, 4.69) is 5.32 Å². The zero-order valence-corrected chi connectivity index (χ0v) is 13.6. The van der Waals surface area contributed by atoms with E-state index in [1.54, 1.807) is 23.9 Å². The van der Waals surface area contributed by atoms with Gasteiger partial charge >= 0.3 is 0 Å². The summed E-state index contributed by atoms with van der Waals surface area (Å²) in [5.41, 5.74) is 0.658. The monoisotopic (exact) mass is 330 g/mol. The van der Waals surface area contributed by atoms with Crippen LogP contribution in [0.5, 0.6) is 0 Å². The van der Waals surface area contributed by atoms with Crippen molar-refractivity contribution in [3.8, 4) is 0 Å². The molecule has 1 aliphatic carbocycles. The fourth-order valence-electron chi connectivity index (χ4n) is 3.04. The maximum atomic E-state index is 12.3. The molecule has 2 aliphatic rings. The minimum Gasteiger partial charge on any atom is -0.325 e. The molecule has 1 heterocycles. The lowest BCUT2D eigenvalue weighted by molar-refractivity contribution is -0.142. The van der Waals surface area contributed by atoms with Crippen LogP contribution < -0.4 is 5.32 Å². The van der Waals surface area contributed by atoms with Gasteiger partial charge in [0.25, 0.3) is 0 Å². The molecule has 2 unspecified atom stereocenters. The summed E-state index contributed by atoms with van der Waals surface area (Å²) in [6, 6.07) is 7.43. The third-order valence-corrected chi connectivity index (χ3v) is 5.02. The Bertz CT molecular complexity index is 643. The molecule has 0 aromatic heterocycles. The van der Waals surface area contributed by atoms with Crippen LogP contribution >= 0.6 is 11.8 Å². The van der Waals surface area contributed by atoms with Crippen LogP contribution in [-0.4, -0.2) is 35.4 Å². The van der Waals surface area contributed by atoms with Gasteiger partial charge in [-0.15, -0.1) is 11.8 Å². The van der Waals surface area contributed by atoms with E-state index in [-0.39, 0.29) is 36.1 Å². The van der Waals surface area contributed by atoms with Crippen molar-refractivity contribution in [2.75, 3.05) is 18.1 Å². The molecule has 2 atom stereocenters. The van der Waals surface area contributed by atoms with E-state index in [1.807, 2.05) is 30.5 Å². The van der Waals surface area contributed by atoms with Gasteiger partial charge < -0.3 is 5.32 Å². The third-order valence-electron chi connectivity index (χ3n) is 4.27. The van der Waals surface area contributed by atoms with Gasteiger partial charge in [0.05, 0.1) is 11.8 Å². The first-order chi connectivity index (χ1) is 11.1. The molecule has 0 saturated carbocycles. The van der Waals surface area contributed by atoms with E-state index in [4.69, 9.17) is 0 Å². The molecular weight excluding hydrogens is 312 g/mol. The van der Waals surface area contributed by atoms with E-state index in [0.717, 1.165) is 9.80 Å². The summed E-state index contributed by atoms with van der Waals surface area (Å²) in [7, 11) is 0. The number of rotatable bonds is 4. The van der Waals surface area contributed by atoms with Crippen molar-refractivity contribution in [1.29, 1.82) is 0 Å². The van der Waals surface area contributed by atoms with E-state index >= 15 is 0 Å². The molecule has 1 N–H and O–H groups in total. The Kier molecular flexibility index (Phi) is 4.52. The first kappa shape index (κ1) is 15.8. The smallest absolute Gasteiger partial charge is 0.244 e. The fourth-order valence-corrected chi connectivity index (χ4v) is 3.45. The number of nitrogens with one attached hydrogen (secondary N) is 1. The van der Waals surface area contributed by atoms with Crippen molar-refractivity contribution in [2.24, 2.45) is 11.8 Å². The molecule has 1 saturated heterocycles. The first-order valence-electron chi connectivity index (χ1n) is 7.54. The van der Waals surface area contributed by atoms with Crippen LogP contribution in [0.1, 0.15) is 12.8 Å². The van der Waals surface area contributed by atoms with Crippen LogP contribution in [0.3, 0.4) is 0 Å². The maximum absolute atomic E-state index is 12.3. The number of thioether (sulfide) groups is 1. The van der Waals surface area contributed by atoms with Gasteiger partial charge in [-0.05, 0) is 43.4 Å². The average molecular weight is 330 g/mol. The standard InChI is InChI=1S/C17H18N2O3S/c1-23-12-8-6-11(7-9-12)18-15(20)10-19-16(21)13-4-2-3-5-14(13)17(19)22/h2-3,6-9,13-14H,4-5,10H2,1H3,(H,18,20). The van der Waals surface area contributed by atoms with Crippen molar-refractivity contribution in [3.63, 3.8) is 0 Å². The Hall–Kier alpha value is -2.08. The number of benzene rings is 1. The largest absolute Gasteiger partial charge is 0.325 e. The number of hydrogen-bond donors (Lipinski definition) is 1. The maximum Gasteiger partial charge on any atom is 0.244 e. The molecule has 23 heavy (non-hydrogen) atoms. The molecule has 6 heteroatoms. The zero-order valence-electron chi connectivity index (χ0n) is 12.8. The molecule has 1 aliphatic heterocycles. The number of likely N-dealkylation sites (tertiary alicyclic amines) is 1. The normalized spacial score (nSPS) is 23.1. The number of fused-ring (bicyclic) bond motifs is 1. The second-order valence-electron chi connectivity index (χ2n) is 5.70. The second-order valence-corrected chi connectivity index (χ2v) is 6.57. The Balaban J connectivity index is 1.63. The third kappa shape index (κ3) is 3.17. The molecule has 0 radical (unpaired) electrons. The summed E-state index contributed by atoms with van der Waals surface area (Å²) in [6.45, 7) is -0.213. The van der Waals surface area contributed by atoms with Crippen LogP contribution in [0.15, 0.2) is 41.3 Å². The first-order valence-corrected chi connectivity index (χ1v) is 8.76. The minimum atomic E-state index is -0.352. The van der Waals surface area contributed by atoms with E-state index in [0.29, 0.717) is 18.5 Å². The van der Waals surface area contributed by atoms with Crippen molar-refractivity contribution in [1.82, 2.24) is 4.90 Å². The van der Waals surface area contributed by atoms with Crippen LogP contribution in [0.4, 0.5) is 5.69 Å². The van der Waals surface area contributed by atoms with Gasteiger partial charge in [0, 0.05) is 10.6 Å². The summed E-state index contributed by atoms with van der Waals surface area (Å²) >= 11 is 1.62. The number of carbonyl (C=O) groups is 3. The van der Waals surface area contributed by atoms with E-state index in [1.165, 1.54) is 0 Å². The lowest BCUT2D eigenvalue weighted by Crippen LogP contribution is -2.38. The van der Waals surface area contributed by atoms with Gasteiger partial charge in [0.2, 0.25) is 17.7 Å². The van der Waals surface area contributed by atoms with Crippen molar-refractivity contribution < 1.29 is 14.4 Å². The summed E-state index contributed by atoms with van der Waals surface area (Å²) in [5, 5.41) is 2.73. The highest BCUT2D eigenvalue weighted by Crippen LogP contribution is 2.34. The molecular formula is C17H18N2O3S. The second kappa shape index (κ2) is 6.58. The van der Waals surface area contributed by atoms with Gasteiger partial charge in [-0.2, -0.15) is 0 Å². The van der Waals surface area contributed by atoms with Gasteiger partial charge in [-0.1, -0.05) is 12.2 Å². The number of anilines is 1. The fraction of sp³-hybridized carbons (Fsp3) is 0.353. The highest BCUT2D eigenvalue weighted by Gasteiger charge is 2.47. The Morgan fingerprint density at radius 3 is 2.22 bits per heavy atom. The Morgan fingerprint density at radius 2 is 1.70 bits per heavy atom. The molecule has 1 aromatic carbocycles. The average Bonchev–Trinajstić information content (AvgIpc) is 2.81. The number of imide groups is 1. The number of amides is 3. The van der Waals surface area contributed by atoms with Crippen LogP contribution in [-0.2, 0) is 14.4 Å². The van der Waals surface area contributed by atoms with Crippen LogP contribution in [0.25, 0.3) is 0 Å². The van der Waals surface area contributed by atoms with Gasteiger partial charge in [0.1, 0.15) is 6.54 Å². The van der Waals surface area contributed by atoms with Gasteiger partial charge in [0.15, 0.2) is 0 Å². The van der Waals surface area contributed by atoms with E-state index < -0.39 is 0 Å². The van der Waals surface area contributed by atoms with E-state index in [9.17, 15) is 14.4 Å². The molecule has 0 spiro atoms. The van der Waals surface area contributed by atoms with Crippen molar-refractivity contribution in [2.45, 2.75) is 17.7 Å². The predicted molar refractivity (Wildman–Crippen MR) is 88.9 cm³/mol. The summed E-state index contributed by atoms with van der Waals surface area (Å²) in [6.07, 6.45) is 7.02. The molecule has 120 valence electrons. The highest BCUT2D eigenvalue weighted by molar-refractivity contribution is 7.98. The number of allylic oxidation sites excluding steroid dienone is 2. The molecule has 3 amide bonds.